The molecule has 0 atom stereocenters. The van der Waals surface area contributed by atoms with E-state index in [2.05, 4.69) is 5.32 Å². The molecule has 0 unspecified atom stereocenters. The highest BCUT2D eigenvalue weighted by atomic mass is 19.1. The van der Waals surface area contributed by atoms with E-state index in [9.17, 15) is 14.0 Å². The minimum absolute atomic E-state index is 0.123. The summed E-state index contributed by atoms with van der Waals surface area (Å²) in [5, 5.41) is 2.89. The molecule has 0 spiro atoms. The van der Waals surface area contributed by atoms with Gasteiger partial charge >= 0.3 is 0 Å². The summed E-state index contributed by atoms with van der Waals surface area (Å²) >= 11 is 0. The molecule has 5 rings (SSSR count). The van der Waals surface area contributed by atoms with Crippen molar-refractivity contribution < 1.29 is 18.4 Å². The van der Waals surface area contributed by atoms with Crippen molar-refractivity contribution in [3.05, 3.63) is 113 Å². The fourth-order valence-electron chi connectivity index (χ4n) is 3.93. The van der Waals surface area contributed by atoms with E-state index in [-0.39, 0.29) is 17.6 Å². The van der Waals surface area contributed by atoms with Crippen LogP contribution < -0.4 is 5.32 Å². The third-order valence-corrected chi connectivity index (χ3v) is 5.71. The van der Waals surface area contributed by atoms with Crippen molar-refractivity contribution in [2.24, 2.45) is 0 Å². The lowest BCUT2D eigenvalue weighted by atomic mass is 10.1. The quantitative estimate of drug-likeness (QED) is 0.453. The number of hydrogen-bond acceptors (Lipinski definition) is 3. The summed E-state index contributed by atoms with van der Waals surface area (Å²) in [5.41, 5.74) is 3.61. The van der Waals surface area contributed by atoms with E-state index in [1.165, 1.54) is 24.3 Å². The number of anilines is 1. The molecule has 0 bridgehead atoms. The van der Waals surface area contributed by atoms with Gasteiger partial charge in [-0.15, -0.1) is 0 Å². The lowest BCUT2D eigenvalue weighted by Crippen LogP contribution is -2.35. The first-order valence-corrected chi connectivity index (χ1v) is 10.7. The molecule has 5 nitrogen and oxygen atoms in total. The van der Waals surface area contributed by atoms with Crippen LogP contribution in [-0.4, -0.2) is 23.3 Å². The summed E-state index contributed by atoms with van der Waals surface area (Å²) in [6.07, 6.45) is 0.619. The molecule has 0 aliphatic carbocycles. The lowest BCUT2D eigenvalue weighted by Gasteiger charge is -2.26. The Balaban J connectivity index is 1.28. The Kier molecular flexibility index (Phi) is 5.48. The van der Waals surface area contributed by atoms with E-state index in [0.29, 0.717) is 36.3 Å². The van der Waals surface area contributed by atoms with Gasteiger partial charge in [-0.25, -0.2) is 4.39 Å². The van der Waals surface area contributed by atoms with E-state index in [0.717, 1.165) is 22.6 Å². The van der Waals surface area contributed by atoms with Gasteiger partial charge in [0.25, 0.3) is 11.8 Å². The standard InChI is InChI=1S/C27H21FN2O3/c28-22-10-6-20(7-11-22)27(32)30-15-14-24-21(17-30)16-25(33-24)18-8-12-23(13-9-18)29-26(31)19-4-2-1-3-5-19/h1-13,16H,14-15,17H2,(H,29,31). The van der Waals surface area contributed by atoms with Crippen LogP contribution in [0.25, 0.3) is 11.3 Å². The number of benzene rings is 3. The Morgan fingerprint density at radius 2 is 1.61 bits per heavy atom. The summed E-state index contributed by atoms with van der Waals surface area (Å²) in [4.78, 5) is 26.8. The normalized spacial score (nSPS) is 12.8. The second kappa shape index (κ2) is 8.74. The SMILES string of the molecule is O=C(Nc1ccc(-c2cc3c(o2)CCN(C(=O)c2ccc(F)cc2)C3)cc1)c1ccccc1. The van der Waals surface area contributed by atoms with E-state index in [4.69, 9.17) is 4.42 Å². The molecule has 3 aromatic carbocycles. The number of furan rings is 1. The highest BCUT2D eigenvalue weighted by Crippen LogP contribution is 2.31. The number of carbonyl (C=O) groups excluding carboxylic acids is 2. The number of halogens is 1. The zero-order chi connectivity index (χ0) is 22.8. The van der Waals surface area contributed by atoms with Gasteiger partial charge in [-0.3, -0.25) is 9.59 Å². The predicted molar refractivity (Wildman–Crippen MR) is 123 cm³/mol. The summed E-state index contributed by atoms with van der Waals surface area (Å²) in [6, 6.07) is 24.1. The van der Waals surface area contributed by atoms with Crippen LogP contribution in [0.1, 0.15) is 32.0 Å². The third-order valence-electron chi connectivity index (χ3n) is 5.71. The second-order valence-electron chi connectivity index (χ2n) is 7.94. The number of nitrogens with zero attached hydrogens (tertiary/aromatic N) is 1. The van der Waals surface area contributed by atoms with Gasteiger partial charge in [0.15, 0.2) is 0 Å². The number of rotatable bonds is 4. The molecule has 6 heteroatoms. The van der Waals surface area contributed by atoms with Crippen molar-refractivity contribution >= 4 is 17.5 Å². The maximum Gasteiger partial charge on any atom is 0.255 e. The molecule has 0 radical (unpaired) electrons. The molecule has 1 aromatic heterocycles. The van der Waals surface area contributed by atoms with Crippen molar-refractivity contribution in [3.8, 4) is 11.3 Å². The Morgan fingerprint density at radius 3 is 2.33 bits per heavy atom. The van der Waals surface area contributed by atoms with E-state index >= 15 is 0 Å². The van der Waals surface area contributed by atoms with Crippen LogP contribution in [-0.2, 0) is 13.0 Å². The van der Waals surface area contributed by atoms with Crippen LogP contribution in [0.15, 0.2) is 89.3 Å². The molecule has 0 fully saturated rings. The summed E-state index contributed by atoms with van der Waals surface area (Å²) < 4.78 is 19.2. The van der Waals surface area contributed by atoms with Gasteiger partial charge in [0, 0.05) is 47.5 Å². The highest BCUT2D eigenvalue weighted by Gasteiger charge is 2.25. The molecule has 1 aliphatic heterocycles. The molecular formula is C27H21FN2O3. The predicted octanol–water partition coefficient (Wildman–Crippen LogP) is 5.54. The molecule has 4 aromatic rings. The van der Waals surface area contributed by atoms with Gasteiger partial charge in [0.05, 0.1) is 0 Å². The Hall–Kier alpha value is -4.19. The topological polar surface area (TPSA) is 62.6 Å². The molecule has 2 heterocycles. The van der Waals surface area contributed by atoms with Gasteiger partial charge < -0.3 is 14.6 Å². The molecule has 164 valence electrons. The number of hydrogen-bond donors (Lipinski definition) is 1. The van der Waals surface area contributed by atoms with Gasteiger partial charge in [-0.1, -0.05) is 18.2 Å². The average Bonchev–Trinajstić information content (AvgIpc) is 3.28. The van der Waals surface area contributed by atoms with Crippen molar-refractivity contribution in [2.75, 3.05) is 11.9 Å². The van der Waals surface area contributed by atoms with Gasteiger partial charge in [0.1, 0.15) is 17.3 Å². The smallest absolute Gasteiger partial charge is 0.255 e. The van der Waals surface area contributed by atoms with E-state index in [1.54, 1.807) is 17.0 Å². The van der Waals surface area contributed by atoms with Crippen molar-refractivity contribution in [1.82, 2.24) is 4.90 Å². The van der Waals surface area contributed by atoms with Gasteiger partial charge in [-0.2, -0.15) is 0 Å². The number of fused-ring (bicyclic) bond motifs is 1. The van der Waals surface area contributed by atoms with Gasteiger partial charge in [0.2, 0.25) is 0 Å². The van der Waals surface area contributed by atoms with Crippen LogP contribution in [0.4, 0.5) is 10.1 Å². The zero-order valence-electron chi connectivity index (χ0n) is 17.8. The molecule has 2 amide bonds. The maximum atomic E-state index is 13.2. The van der Waals surface area contributed by atoms with Crippen LogP contribution in [0, 0.1) is 5.82 Å². The minimum Gasteiger partial charge on any atom is -0.461 e. The van der Waals surface area contributed by atoms with Crippen LogP contribution in [0.5, 0.6) is 0 Å². The largest absolute Gasteiger partial charge is 0.461 e. The number of amides is 2. The van der Waals surface area contributed by atoms with E-state index in [1.807, 2.05) is 48.5 Å². The first-order chi connectivity index (χ1) is 16.1. The fourth-order valence-corrected chi connectivity index (χ4v) is 3.93. The third kappa shape index (κ3) is 4.41. The van der Waals surface area contributed by atoms with Crippen molar-refractivity contribution in [3.63, 3.8) is 0 Å². The highest BCUT2D eigenvalue weighted by molar-refractivity contribution is 6.04. The first kappa shape index (κ1) is 20.7. The molecule has 33 heavy (non-hydrogen) atoms. The molecular weight excluding hydrogens is 419 g/mol. The van der Waals surface area contributed by atoms with Crippen LogP contribution >= 0.6 is 0 Å². The lowest BCUT2D eigenvalue weighted by molar-refractivity contribution is 0.0729. The first-order valence-electron chi connectivity index (χ1n) is 10.7. The summed E-state index contributed by atoms with van der Waals surface area (Å²) in [6.45, 7) is 0.987. The molecule has 0 saturated heterocycles. The van der Waals surface area contributed by atoms with Crippen LogP contribution in [0.3, 0.4) is 0 Å². The number of nitrogens with one attached hydrogen (secondary N) is 1. The zero-order valence-corrected chi connectivity index (χ0v) is 17.8. The summed E-state index contributed by atoms with van der Waals surface area (Å²) in [7, 11) is 0. The number of carbonyl (C=O) groups is 2. The van der Waals surface area contributed by atoms with Gasteiger partial charge in [-0.05, 0) is 66.7 Å². The van der Waals surface area contributed by atoms with Crippen molar-refractivity contribution in [2.45, 2.75) is 13.0 Å². The monoisotopic (exact) mass is 440 g/mol. The van der Waals surface area contributed by atoms with E-state index < -0.39 is 0 Å². The molecule has 0 saturated carbocycles. The van der Waals surface area contributed by atoms with Crippen LogP contribution in [0.2, 0.25) is 0 Å². The van der Waals surface area contributed by atoms with Crippen molar-refractivity contribution in [1.29, 1.82) is 0 Å². The summed E-state index contributed by atoms with van der Waals surface area (Å²) in [5.74, 6) is 0.939. The second-order valence-corrected chi connectivity index (χ2v) is 7.94. The average molecular weight is 440 g/mol. The fraction of sp³-hybridized carbons (Fsp3) is 0.111. The Bertz CT molecular complexity index is 1300. The maximum absolute atomic E-state index is 13.2. The Labute approximate surface area is 190 Å². The molecule has 1 N–H and O–H groups in total. The Morgan fingerprint density at radius 1 is 0.879 bits per heavy atom. The minimum atomic E-state index is -0.363. The molecule has 1 aliphatic rings.